The molecule has 0 aromatic heterocycles. The van der Waals surface area contributed by atoms with Crippen LogP contribution in [0.15, 0.2) is 0 Å². The third kappa shape index (κ3) is 4.12. The molecule has 9 heteroatoms. The fourth-order valence-corrected chi connectivity index (χ4v) is 2.55. The van der Waals surface area contributed by atoms with Crippen LogP contribution in [0.1, 0.15) is 0 Å². The largest absolute Gasteiger partial charge is 0.405 e. The molecule has 0 amide bonds. The molecule has 1 heterocycles. The molecule has 0 aliphatic carbocycles. The topological polar surface area (TPSA) is 64.4 Å². The Morgan fingerprint density at radius 3 is 2.11 bits per heavy atom. The molecule has 0 N–H and O–H groups in total. The van der Waals surface area contributed by atoms with Gasteiger partial charge in [-0.1, -0.05) is 0 Å². The molecule has 5 nitrogen and oxygen atoms in total. The number of nitriles is 1. The van der Waals surface area contributed by atoms with Crippen molar-refractivity contribution in [2.75, 3.05) is 39.0 Å². The Balaban J connectivity index is 2.52. The smallest absolute Gasteiger partial charge is 0.299 e. The molecule has 1 unspecified atom stereocenters. The van der Waals surface area contributed by atoms with E-state index in [0.717, 1.165) is 6.26 Å². The molecule has 1 aliphatic rings. The average molecular weight is 285 g/mol. The van der Waals surface area contributed by atoms with Crippen LogP contribution in [0.25, 0.3) is 0 Å². The summed E-state index contributed by atoms with van der Waals surface area (Å²) in [5.41, 5.74) is 0. The van der Waals surface area contributed by atoms with Crippen LogP contribution in [0.2, 0.25) is 0 Å². The van der Waals surface area contributed by atoms with E-state index in [2.05, 4.69) is 0 Å². The van der Waals surface area contributed by atoms with E-state index in [-0.39, 0.29) is 26.2 Å². The highest BCUT2D eigenvalue weighted by molar-refractivity contribution is 7.88. The highest BCUT2D eigenvalue weighted by atomic mass is 32.2. The zero-order valence-corrected chi connectivity index (χ0v) is 10.6. The van der Waals surface area contributed by atoms with Gasteiger partial charge in [0.05, 0.1) is 12.3 Å². The summed E-state index contributed by atoms with van der Waals surface area (Å²) in [4.78, 5) is 1.46. The first-order valence-corrected chi connectivity index (χ1v) is 7.13. The SMILES string of the molecule is CS(=O)(=O)N1CCN(CC(C#N)C(F)(F)F)CC1. The molecule has 0 spiro atoms. The lowest BCUT2D eigenvalue weighted by Crippen LogP contribution is -2.50. The third-order valence-corrected chi connectivity index (χ3v) is 4.10. The Bertz CT molecular complexity index is 421. The van der Waals surface area contributed by atoms with E-state index in [4.69, 9.17) is 5.26 Å². The number of rotatable bonds is 3. The highest BCUT2D eigenvalue weighted by Crippen LogP contribution is 2.26. The minimum Gasteiger partial charge on any atom is -0.299 e. The van der Waals surface area contributed by atoms with Gasteiger partial charge in [-0.05, 0) is 0 Å². The number of piperazine rings is 1. The van der Waals surface area contributed by atoms with Crippen LogP contribution in [-0.2, 0) is 10.0 Å². The molecule has 1 atom stereocenters. The van der Waals surface area contributed by atoms with E-state index in [9.17, 15) is 21.6 Å². The molecule has 0 bridgehead atoms. The van der Waals surface area contributed by atoms with Crippen molar-refractivity contribution in [3.8, 4) is 6.07 Å². The van der Waals surface area contributed by atoms with Crippen molar-refractivity contribution >= 4 is 10.0 Å². The van der Waals surface area contributed by atoms with E-state index in [1.54, 1.807) is 0 Å². The van der Waals surface area contributed by atoms with Gasteiger partial charge in [0.15, 0.2) is 5.92 Å². The van der Waals surface area contributed by atoms with Crippen molar-refractivity contribution < 1.29 is 21.6 Å². The molecule has 1 rings (SSSR count). The van der Waals surface area contributed by atoms with Gasteiger partial charge in [0.25, 0.3) is 0 Å². The second kappa shape index (κ2) is 5.42. The number of hydrogen-bond acceptors (Lipinski definition) is 4. The zero-order valence-electron chi connectivity index (χ0n) is 9.81. The summed E-state index contributed by atoms with van der Waals surface area (Å²) in [6.45, 7) is 0.337. The first-order chi connectivity index (χ1) is 8.14. The summed E-state index contributed by atoms with van der Waals surface area (Å²) in [7, 11) is -3.29. The van der Waals surface area contributed by atoms with Crippen LogP contribution in [0.4, 0.5) is 13.2 Å². The number of halogens is 3. The Labute approximate surface area is 104 Å². The quantitative estimate of drug-likeness (QED) is 0.746. The maximum absolute atomic E-state index is 12.4. The van der Waals surface area contributed by atoms with Gasteiger partial charge in [-0.15, -0.1) is 0 Å². The van der Waals surface area contributed by atoms with Crippen LogP contribution < -0.4 is 0 Å². The van der Waals surface area contributed by atoms with Crippen LogP contribution in [-0.4, -0.2) is 62.8 Å². The Kier molecular flexibility index (Phi) is 4.58. The predicted octanol–water partition coefficient (Wildman–Crippen LogP) is 0.266. The molecule has 1 saturated heterocycles. The van der Waals surface area contributed by atoms with Gasteiger partial charge >= 0.3 is 6.18 Å². The molecule has 1 fully saturated rings. The fraction of sp³-hybridized carbons (Fsp3) is 0.889. The van der Waals surface area contributed by atoms with Gasteiger partial charge in [0.2, 0.25) is 10.0 Å². The maximum Gasteiger partial charge on any atom is 0.405 e. The molecular formula is C9H14F3N3O2S. The molecule has 0 saturated carbocycles. The number of alkyl halides is 3. The Hall–Kier alpha value is -0.850. The van der Waals surface area contributed by atoms with Gasteiger partial charge in [0.1, 0.15) is 0 Å². The minimum absolute atomic E-state index is 0.162. The maximum atomic E-state index is 12.4. The van der Waals surface area contributed by atoms with Gasteiger partial charge in [-0.2, -0.15) is 22.7 Å². The molecule has 0 aromatic rings. The van der Waals surface area contributed by atoms with Crippen LogP contribution in [0, 0.1) is 17.2 Å². The summed E-state index contributed by atoms with van der Waals surface area (Å²) in [5.74, 6) is -2.03. The lowest BCUT2D eigenvalue weighted by molar-refractivity contribution is -0.163. The summed E-state index contributed by atoms with van der Waals surface area (Å²) in [6, 6.07) is 1.23. The predicted molar refractivity (Wildman–Crippen MR) is 58.0 cm³/mol. The van der Waals surface area contributed by atoms with Crippen molar-refractivity contribution in [3.63, 3.8) is 0 Å². The average Bonchev–Trinajstić information content (AvgIpc) is 2.23. The van der Waals surface area contributed by atoms with E-state index in [1.165, 1.54) is 15.3 Å². The van der Waals surface area contributed by atoms with Crippen molar-refractivity contribution in [1.29, 1.82) is 5.26 Å². The molecule has 1 aliphatic heterocycles. The van der Waals surface area contributed by atoms with Crippen LogP contribution in [0.5, 0.6) is 0 Å². The second-order valence-corrected chi connectivity index (χ2v) is 6.17. The van der Waals surface area contributed by atoms with Crippen LogP contribution >= 0.6 is 0 Å². The lowest BCUT2D eigenvalue weighted by atomic mass is 10.1. The standard InChI is InChI=1S/C9H14F3N3O2S/c1-18(16,17)15-4-2-14(3-5-15)7-8(6-13)9(10,11)12/h8H,2-5,7H2,1H3. The van der Waals surface area contributed by atoms with Crippen molar-refractivity contribution in [2.45, 2.75) is 6.18 Å². The van der Waals surface area contributed by atoms with Crippen molar-refractivity contribution in [2.24, 2.45) is 5.92 Å². The summed E-state index contributed by atoms with van der Waals surface area (Å²) < 4.78 is 60.8. The van der Waals surface area contributed by atoms with E-state index >= 15 is 0 Å². The molecule has 104 valence electrons. The van der Waals surface area contributed by atoms with Gasteiger partial charge in [-0.25, -0.2) is 8.42 Å². The molecule has 18 heavy (non-hydrogen) atoms. The second-order valence-electron chi connectivity index (χ2n) is 4.19. The van der Waals surface area contributed by atoms with E-state index < -0.39 is 28.7 Å². The highest BCUT2D eigenvalue weighted by Gasteiger charge is 2.41. The van der Waals surface area contributed by atoms with Crippen molar-refractivity contribution in [1.82, 2.24) is 9.21 Å². The van der Waals surface area contributed by atoms with Gasteiger partial charge < -0.3 is 0 Å². The third-order valence-electron chi connectivity index (χ3n) is 2.79. The lowest BCUT2D eigenvalue weighted by Gasteiger charge is -2.34. The van der Waals surface area contributed by atoms with E-state index in [1.807, 2.05) is 0 Å². The Morgan fingerprint density at radius 2 is 1.78 bits per heavy atom. The monoisotopic (exact) mass is 285 g/mol. The minimum atomic E-state index is -4.54. The summed E-state index contributed by atoms with van der Waals surface area (Å²) >= 11 is 0. The summed E-state index contributed by atoms with van der Waals surface area (Å²) in [6.07, 6.45) is -3.47. The number of hydrogen-bond donors (Lipinski definition) is 0. The first kappa shape index (κ1) is 15.2. The van der Waals surface area contributed by atoms with Gasteiger partial charge in [0, 0.05) is 32.7 Å². The van der Waals surface area contributed by atoms with Crippen molar-refractivity contribution in [3.05, 3.63) is 0 Å². The fourth-order valence-electron chi connectivity index (χ4n) is 1.72. The summed E-state index contributed by atoms with van der Waals surface area (Å²) in [5, 5.41) is 8.47. The molecular weight excluding hydrogens is 271 g/mol. The number of sulfonamides is 1. The molecule has 0 radical (unpaired) electrons. The first-order valence-electron chi connectivity index (χ1n) is 5.28. The molecule has 0 aromatic carbocycles. The number of nitrogens with zero attached hydrogens (tertiary/aromatic N) is 3. The Morgan fingerprint density at radius 1 is 1.28 bits per heavy atom. The van der Waals surface area contributed by atoms with Gasteiger partial charge in [-0.3, -0.25) is 4.90 Å². The zero-order chi connectivity index (χ0) is 14.0. The van der Waals surface area contributed by atoms with Crippen LogP contribution in [0.3, 0.4) is 0 Å². The van der Waals surface area contributed by atoms with E-state index in [0.29, 0.717) is 0 Å². The normalized spacial score (nSPS) is 21.5.